The molecule has 1 aromatic carbocycles. The van der Waals surface area contributed by atoms with Crippen molar-refractivity contribution >= 4 is 23.4 Å². The highest BCUT2D eigenvalue weighted by Crippen LogP contribution is 2.32. The second kappa shape index (κ2) is 5.87. The number of nitrogens with zero attached hydrogens (tertiary/aromatic N) is 4. The molecule has 5 heteroatoms. The molecule has 0 unspecified atom stereocenters. The lowest BCUT2D eigenvalue weighted by Crippen LogP contribution is -2.14. The first-order chi connectivity index (χ1) is 9.75. The number of rotatable bonds is 5. The van der Waals surface area contributed by atoms with Crippen LogP contribution >= 0.6 is 11.8 Å². The van der Waals surface area contributed by atoms with Gasteiger partial charge in [-0.2, -0.15) is 0 Å². The Kier molecular flexibility index (Phi) is 3.96. The van der Waals surface area contributed by atoms with Crippen LogP contribution in [0.3, 0.4) is 0 Å². The smallest absolute Gasteiger partial charge is 0.232 e. The zero-order chi connectivity index (χ0) is 13.9. The van der Waals surface area contributed by atoms with Crippen molar-refractivity contribution in [3.8, 4) is 0 Å². The molecule has 0 N–H and O–H groups in total. The van der Waals surface area contributed by atoms with Gasteiger partial charge in [-0.3, -0.25) is 4.57 Å². The third-order valence-corrected chi connectivity index (χ3v) is 4.48. The Bertz CT molecular complexity index is 565. The summed E-state index contributed by atoms with van der Waals surface area (Å²) < 4.78 is 2.23. The summed E-state index contributed by atoms with van der Waals surface area (Å²) in [4.78, 5) is 2.24. The van der Waals surface area contributed by atoms with E-state index in [4.69, 9.17) is 0 Å². The Morgan fingerprint density at radius 3 is 2.70 bits per heavy atom. The van der Waals surface area contributed by atoms with E-state index in [0.717, 1.165) is 35.9 Å². The summed E-state index contributed by atoms with van der Waals surface area (Å²) in [5, 5.41) is 9.77. The van der Waals surface area contributed by atoms with E-state index in [1.807, 2.05) is 17.8 Å². The Morgan fingerprint density at radius 2 is 1.95 bits per heavy atom. The summed E-state index contributed by atoms with van der Waals surface area (Å²) in [5.74, 6) is 2.83. The van der Waals surface area contributed by atoms with Crippen LogP contribution in [-0.2, 0) is 6.54 Å². The van der Waals surface area contributed by atoms with Crippen LogP contribution in [0.2, 0.25) is 0 Å². The number of anilines is 2. The molecule has 0 aliphatic carbocycles. The van der Waals surface area contributed by atoms with Gasteiger partial charge in [-0.25, -0.2) is 0 Å². The molecule has 1 aliphatic rings. The van der Waals surface area contributed by atoms with E-state index in [2.05, 4.69) is 57.8 Å². The van der Waals surface area contributed by atoms with Gasteiger partial charge in [0.25, 0.3) is 0 Å². The minimum Gasteiger partial charge on any atom is -0.309 e. The fourth-order valence-electron chi connectivity index (χ4n) is 2.32. The molecule has 2 aromatic rings. The summed E-state index contributed by atoms with van der Waals surface area (Å²) in [6, 6.07) is 10.4. The fraction of sp³-hybridized carbons (Fsp3) is 0.467. The van der Waals surface area contributed by atoms with Crippen molar-refractivity contribution in [3.63, 3.8) is 0 Å². The van der Waals surface area contributed by atoms with Crippen LogP contribution in [-0.4, -0.2) is 27.1 Å². The third kappa shape index (κ3) is 2.68. The summed E-state index contributed by atoms with van der Waals surface area (Å²) in [6.07, 6.45) is 1.22. The number of hydrogen-bond acceptors (Lipinski definition) is 4. The van der Waals surface area contributed by atoms with Gasteiger partial charge in [-0.1, -0.05) is 43.8 Å². The molecule has 0 atom stereocenters. The van der Waals surface area contributed by atoms with Gasteiger partial charge in [-0.05, 0) is 24.5 Å². The molecule has 0 radical (unpaired) electrons. The van der Waals surface area contributed by atoms with Gasteiger partial charge in [-0.15, -0.1) is 10.2 Å². The third-order valence-electron chi connectivity index (χ3n) is 3.48. The Morgan fingerprint density at radius 1 is 1.15 bits per heavy atom. The highest BCUT2D eigenvalue weighted by atomic mass is 32.2. The number of benzene rings is 1. The van der Waals surface area contributed by atoms with Crippen molar-refractivity contribution in [2.45, 2.75) is 32.0 Å². The molecule has 2 heterocycles. The summed E-state index contributed by atoms with van der Waals surface area (Å²) in [7, 11) is 0. The molecule has 3 rings (SSSR count). The molecule has 1 aromatic heterocycles. The van der Waals surface area contributed by atoms with Gasteiger partial charge in [0.15, 0.2) is 5.16 Å². The van der Waals surface area contributed by atoms with Crippen LogP contribution in [0.1, 0.15) is 20.3 Å². The maximum atomic E-state index is 4.37. The molecule has 0 spiro atoms. The average molecular weight is 288 g/mol. The number of hydrogen-bond donors (Lipinski definition) is 0. The molecular formula is C15H20N4S. The Labute approximate surface area is 124 Å². The standard InChI is InChI=1S/C15H20N4S/c1-12(2)8-11-20-15-17-16-14-18(9-10-19(14)15)13-6-4-3-5-7-13/h3-7,12H,8-11H2,1-2H3. The number of aromatic nitrogens is 3. The van der Waals surface area contributed by atoms with Gasteiger partial charge in [0.05, 0.1) is 0 Å². The van der Waals surface area contributed by atoms with Crippen LogP contribution in [0, 0.1) is 5.92 Å². The topological polar surface area (TPSA) is 34.0 Å². The van der Waals surface area contributed by atoms with Gasteiger partial charge < -0.3 is 4.90 Å². The molecule has 0 bridgehead atoms. The van der Waals surface area contributed by atoms with Gasteiger partial charge in [0.1, 0.15) is 0 Å². The first-order valence-electron chi connectivity index (χ1n) is 7.14. The Balaban J connectivity index is 1.74. The van der Waals surface area contributed by atoms with Crippen molar-refractivity contribution in [2.24, 2.45) is 5.92 Å². The monoisotopic (exact) mass is 288 g/mol. The van der Waals surface area contributed by atoms with Gasteiger partial charge in [0.2, 0.25) is 5.95 Å². The minimum absolute atomic E-state index is 0.740. The van der Waals surface area contributed by atoms with Crippen molar-refractivity contribution in [1.29, 1.82) is 0 Å². The normalized spacial score (nSPS) is 14.1. The predicted molar refractivity (Wildman–Crippen MR) is 83.6 cm³/mol. The molecule has 0 fully saturated rings. The van der Waals surface area contributed by atoms with E-state index in [1.165, 1.54) is 12.1 Å². The number of thioether (sulfide) groups is 1. The molecule has 0 saturated heterocycles. The maximum Gasteiger partial charge on any atom is 0.232 e. The number of fused-ring (bicyclic) bond motifs is 1. The molecule has 4 nitrogen and oxygen atoms in total. The van der Waals surface area contributed by atoms with Crippen LogP contribution in [0.25, 0.3) is 0 Å². The van der Waals surface area contributed by atoms with Crippen molar-refractivity contribution in [1.82, 2.24) is 14.8 Å². The zero-order valence-corrected chi connectivity index (χ0v) is 12.8. The summed E-state index contributed by atoms with van der Waals surface area (Å²) >= 11 is 1.82. The summed E-state index contributed by atoms with van der Waals surface area (Å²) in [5.41, 5.74) is 1.19. The molecule has 1 aliphatic heterocycles. The van der Waals surface area contributed by atoms with Crippen molar-refractivity contribution in [2.75, 3.05) is 17.2 Å². The van der Waals surface area contributed by atoms with Crippen LogP contribution in [0.15, 0.2) is 35.5 Å². The second-order valence-corrected chi connectivity index (χ2v) is 6.51. The van der Waals surface area contributed by atoms with E-state index in [0.29, 0.717) is 0 Å². The zero-order valence-electron chi connectivity index (χ0n) is 12.0. The highest BCUT2D eigenvalue weighted by Gasteiger charge is 2.25. The maximum absolute atomic E-state index is 4.37. The lowest BCUT2D eigenvalue weighted by molar-refractivity contribution is 0.630. The predicted octanol–water partition coefficient (Wildman–Crippen LogP) is 3.57. The van der Waals surface area contributed by atoms with Gasteiger partial charge in [0, 0.05) is 24.5 Å². The average Bonchev–Trinajstić information content (AvgIpc) is 3.02. The number of para-hydroxylation sites is 1. The molecule has 106 valence electrons. The lowest BCUT2D eigenvalue weighted by Gasteiger charge is -2.14. The van der Waals surface area contributed by atoms with Crippen molar-refractivity contribution < 1.29 is 0 Å². The van der Waals surface area contributed by atoms with Crippen LogP contribution in [0.5, 0.6) is 0 Å². The van der Waals surface area contributed by atoms with Crippen molar-refractivity contribution in [3.05, 3.63) is 30.3 Å². The first-order valence-corrected chi connectivity index (χ1v) is 8.13. The van der Waals surface area contributed by atoms with Crippen LogP contribution < -0.4 is 4.90 Å². The van der Waals surface area contributed by atoms with E-state index in [-0.39, 0.29) is 0 Å². The SMILES string of the molecule is CC(C)CCSc1nnc2n1CCN2c1ccccc1. The summed E-state index contributed by atoms with van der Waals surface area (Å²) in [6.45, 7) is 6.46. The first kappa shape index (κ1) is 13.5. The molecule has 0 amide bonds. The van der Waals surface area contributed by atoms with Gasteiger partial charge >= 0.3 is 0 Å². The van der Waals surface area contributed by atoms with E-state index in [9.17, 15) is 0 Å². The van der Waals surface area contributed by atoms with Crippen LogP contribution in [0.4, 0.5) is 11.6 Å². The fourth-order valence-corrected chi connectivity index (χ4v) is 3.52. The van der Waals surface area contributed by atoms with E-state index >= 15 is 0 Å². The minimum atomic E-state index is 0.740. The highest BCUT2D eigenvalue weighted by molar-refractivity contribution is 7.99. The van der Waals surface area contributed by atoms with E-state index < -0.39 is 0 Å². The van der Waals surface area contributed by atoms with E-state index in [1.54, 1.807) is 0 Å². The largest absolute Gasteiger partial charge is 0.309 e. The second-order valence-electron chi connectivity index (χ2n) is 5.45. The molecule has 0 saturated carbocycles. The Hall–Kier alpha value is -1.49. The molecule has 20 heavy (non-hydrogen) atoms. The lowest BCUT2D eigenvalue weighted by atomic mass is 10.2. The quantitative estimate of drug-likeness (QED) is 0.788. The molecular weight excluding hydrogens is 268 g/mol.